The van der Waals surface area contributed by atoms with Gasteiger partial charge in [-0.1, -0.05) is 0 Å². The highest BCUT2D eigenvalue weighted by Gasteiger charge is 2.95. The first-order valence-electron chi connectivity index (χ1n) is 23.6. The maximum absolute atomic E-state index is 14.5. The Kier molecular flexibility index (Phi) is 29.9. The number of hydrogen-bond donors (Lipinski definition) is 4. The lowest BCUT2D eigenvalue weighted by atomic mass is 9.88. The monoisotopic (exact) mass is 1200 g/mol. The van der Waals surface area contributed by atoms with Crippen LogP contribution in [-0.4, -0.2) is 295 Å². The molecule has 0 radical (unpaired) electrons. The van der Waals surface area contributed by atoms with E-state index < -0.39 is 142 Å². The molecule has 1 heterocycles. The summed E-state index contributed by atoms with van der Waals surface area (Å²) in [5.41, 5.74) is 0. The number of carbonyl (C=O) groups excluding carboxylic acids is 2. The lowest BCUT2D eigenvalue weighted by Gasteiger charge is -2.42. The molecule has 0 aromatic carbocycles. The van der Waals surface area contributed by atoms with E-state index in [9.17, 15) is 114 Å². The average Bonchev–Trinajstić information content (AvgIpc) is 3.33. The Balaban J connectivity index is 3.21. The third kappa shape index (κ3) is 21.6. The molecule has 1 unspecified atom stereocenters. The summed E-state index contributed by atoms with van der Waals surface area (Å²) in [4.78, 5) is 68.4. The SMILES string of the molecule is COCCOCCOCCOCCOCCN(CCOCCC(F)(F)C(F)(F)C(F)(F)C(F)(F)C(F)(F)C(F)(F)C(F)(F)C(F)(F)F)C(=O)CNC(=O)C(C)N1CCN(CC(=O)O)CCN(CC(=O)O)CCN(CC(=O)O)CC1. The highest BCUT2D eigenvalue weighted by Crippen LogP contribution is 2.64. The van der Waals surface area contributed by atoms with Crippen molar-refractivity contribution < 1.29 is 142 Å². The van der Waals surface area contributed by atoms with Gasteiger partial charge in [-0.3, -0.25) is 43.6 Å². The van der Waals surface area contributed by atoms with Gasteiger partial charge in [0.05, 0.1) is 105 Å². The number of carbonyl (C=O) groups is 5. The topological polar surface area (TPSA) is 230 Å². The van der Waals surface area contributed by atoms with Gasteiger partial charge in [0.2, 0.25) is 11.8 Å². The van der Waals surface area contributed by atoms with E-state index >= 15 is 0 Å². The molecule has 2 amide bonds. The highest BCUT2D eigenvalue weighted by atomic mass is 19.4. The minimum Gasteiger partial charge on any atom is -0.480 e. The molecule has 464 valence electrons. The van der Waals surface area contributed by atoms with Crippen LogP contribution in [0.15, 0.2) is 0 Å². The molecule has 0 aliphatic carbocycles. The summed E-state index contributed by atoms with van der Waals surface area (Å²) in [6.07, 6.45) is -10.8. The Bertz CT molecular complexity index is 1850. The minimum atomic E-state index is -8.78. The van der Waals surface area contributed by atoms with Gasteiger partial charge in [-0.05, 0) is 6.92 Å². The zero-order valence-corrected chi connectivity index (χ0v) is 42.5. The first-order valence-corrected chi connectivity index (χ1v) is 23.6. The fourth-order valence-corrected chi connectivity index (χ4v) is 6.85. The maximum atomic E-state index is 14.5. The predicted octanol–water partition coefficient (Wildman–Crippen LogP) is 2.92. The van der Waals surface area contributed by atoms with Crippen molar-refractivity contribution in [2.24, 2.45) is 0 Å². The van der Waals surface area contributed by atoms with Gasteiger partial charge < -0.3 is 54.0 Å². The van der Waals surface area contributed by atoms with Crippen molar-refractivity contribution in [2.45, 2.75) is 67.0 Å². The fraction of sp³-hybridized carbons (Fsp3) is 0.881. The van der Waals surface area contributed by atoms with Crippen LogP contribution in [0.25, 0.3) is 0 Å². The van der Waals surface area contributed by atoms with E-state index in [1.807, 2.05) is 0 Å². The van der Waals surface area contributed by atoms with E-state index in [0.29, 0.717) is 13.2 Å². The quantitative estimate of drug-likeness (QED) is 0.0518. The Morgan fingerprint density at radius 2 is 0.785 bits per heavy atom. The number of carboxylic acid groups (broad SMARTS) is 3. The highest BCUT2D eigenvalue weighted by molar-refractivity contribution is 5.87. The van der Waals surface area contributed by atoms with Crippen molar-refractivity contribution in [3.8, 4) is 0 Å². The summed E-state index contributed by atoms with van der Waals surface area (Å²) in [5, 5.41) is 30.7. The van der Waals surface area contributed by atoms with E-state index in [4.69, 9.17) is 23.7 Å². The zero-order valence-electron chi connectivity index (χ0n) is 42.5. The molecular weight excluding hydrogens is 1140 g/mol. The lowest BCUT2D eigenvalue weighted by molar-refractivity contribution is -0.462. The summed E-state index contributed by atoms with van der Waals surface area (Å²) in [6.45, 7) is -4.36. The van der Waals surface area contributed by atoms with Crippen molar-refractivity contribution in [1.82, 2.24) is 29.8 Å². The van der Waals surface area contributed by atoms with Crippen LogP contribution in [0.1, 0.15) is 13.3 Å². The molecule has 0 aromatic rings. The Hall–Kier alpha value is -4.24. The molecule has 1 aliphatic rings. The van der Waals surface area contributed by atoms with Crippen molar-refractivity contribution in [3.05, 3.63) is 0 Å². The van der Waals surface area contributed by atoms with Crippen LogP contribution in [0.3, 0.4) is 0 Å². The van der Waals surface area contributed by atoms with Crippen molar-refractivity contribution in [1.29, 1.82) is 0 Å². The second-order valence-electron chi connectivity index (χ2n) is 17.3. The normalized spacial score (nSPS) is 16.7. The van der Waals surface area contributed by atoms with Gasteiger partial charge in [0.1, 0.15) is 0 Å². The Labute approximate surface area is 440 Å². The molecule has 1 fully saturated rings. The number of halogens is 17. The minimum absolute atomic E-state index is 0.0247. The van der Waals surface area contributed by atoms with Gasteiger partial charge in [-0.15, -0.1) is 0 Å². The molecule has 0 saturated carbocycles. The molecule has 4 N–H and O–H groups in total. The Morgan fingerprint density at radius 1 is 0.468 bits per heavy atom. The number of aliphatic carboxylic acids is 3. The standard InChI is InChI=1S/C42H63F17N6O14/c1-29(64-10-8-62(27-32(69)70)6-4-61(26-31(67)68)5-7-63(9-11-64)28-33(71)72)34(73)60-25-30(66)65(13-16-76-19-20-78-23-24-79-22-21-77-18-17-74-2)12-15-75-14-3-35(43,44)36(45,46)37(47,48)38(49,50)39(51,52)40(53,54)41(55,56)42(57,58)59/h29H,3-28H2,1-2H3,(H,60,73)(H,67,68)(H,69,70)(H,71,72). The molecule has 1 rings (SSSR count). The number of nitrogens with one attached hydrogen (secondary N) is 1. The van der Waals surface area contributed by atoms with Crippen LogP contribution in [0.4, 0.5) is 74.6 Å². The van der Waals surface area contributed by atoms with Crippen LogP contribution in [0.5, 0.6) is 0 Å². The summed E-state index contributed by atoms with van der Waals surface area (Å²) in [6, 6.07) is -1.16. The van der Waals surface area contributed by atoms with Crippen LogP contribution in [-0.2, 0) is 52.4 Å². The van der Waals surface area contributed by atoms with Gasteiger partial charge in [-0.2, -0.15) is 74.6 Å². The Morgan fingerprint density at radius 3 is 1.14 bits per heavy atom. The van der Waals surface area contributed by atoms with Crippen LogP contribution < -0.4 is 5.32 Å². The number of alkyl halides is 17. The average molecular weight is 1200 g/mol. The summed E-state index contributed by atoms with van der Waals surface area (Å²) < 4.78 is 264. The van der Waals surface area contributed by atoms with Crippen molar-refractivity contribution in [3.63, 3.8) is 0 Å². The van der Waals surface area contributed by atoms with Gasteiger partial charge in [0, 0.05) is 79.0 Å². The predicted molar refractivity (Wildman–Crippen MR) is 234 cm³/mol. The second-order valence-corrected chi connectivity index (χ2v) is 17.3. The number of amides is 2. The van der Waals surface area contributed by atoms with Crippen molar-refractivity contribution in [2.75, 3.05) is 171 Å². The fourth-order valence-electron chi connectivity index (χ4n) is 6.85. The molecule has 0 aromatic heterocycles. The van der Waals surface area contributed by atoms with Gasteiger partial charge in [0.25, 0.3) is 0 Å². The molecule has 0 spiro atoms. The molecular formula is C42H63F17N6O14. The van der Waals surface area contributed by atoms with E-state index in [0.717, 1.165) is 4.90 Å². The molecule has 20 nitrogen and oxygen atoms in total. The summed E-state index contributed by atoms with van der Waals surface area (Å²) in [7, 11) is 1.49. The molecule has 1 aliphatic heterocycles. The summed E-state index contributed by atoms with van der Waals surface area (Å²) in [5.74, 6) is -63.2. The van der Waals surface area contributed by atoms with Crippen LogP contribution in [0.2, 0.25) is 0 Å². The molecule has 1 saturated heterocycles. The van der Waals surface area contributed by atoms with Crippen LogP contribution in [0, 0.1) is 0 Å². The smallest absolute Gasteiger partial charge is 0.460 e. The molecule has 37 heteroatoms. The zero-order chi connectivity index (χ0) is 60.7. The summed E-state index contributed by atoms with van der Waals surface area (Å²) >= 11 is 0. The second kappa shape index (κ2) is 32.4. The van der Waals surface area contributed by atoms with E-state index in [-0.39, 0.29) is 98.6 Å². The van der Waals surface area contributed by atoms with E-state index in [1.54, 1.807) is 0 Å². The maximum Gasteiger partial charge on any atom is 0.460 e. The van der Waals surface area contributed by atoms with E-state index in [1.165, 1.54) is 33.6 Å². The molecule has 0 bridgehead atoms. The number of nitrogens with zero attached hydrogens (tertiary/aromatic N) is 5. The van der Waals surface area contributed by atoms with Gasteiger partial charge >= 0.3 is 65.5 Å². The molecule has 79 heavy (non-hydrogen) atoms. The first-order chi connectivity index (χ1) is 36.4. The van der Waals surface area contributed by atoms with Gasteiger partial charge in [-0.25, -0.2) is 0 Å². The number of hydrogen-bond acceptors (Lipinski definition) is 15. The lowest BCUT2D eigenvalue weighted by Crippen LogP contribution is -2.74. The number of ether oxygens (including phenoxy) is 6. The number of rotatable bonds is 37. The number of methoxy groups -OCH3 is 1. The van der Waals surface area contributed by atoms with E-state index in [2.05, 4.69) is 10.1 Å². The molecule has 1 atom stereocenters. The third-order valence-electron chi connectivity index (χ3n) is 11.5. The van der Waals surface area contributed by atoms with Crippen molar-refractivity contribution >= 4 is 29.7 Å². The van der Waals surface area contributed by atoms with Crippen LogP contribution >= 0.6 is 0 Å². The third-order valence-corrected chi connectivity index (χ3v) is 11.5. The number of carboxylic acids is 3. The first kappa shape index (κ1) is 72.8. The largest absolute Gasteiger partial charge is 0.480 e. The van der Waals surface area contributed by atoms with Gasteiger partial charge in [0.15, 0.2) is 0 Å².